The van der Waals surface area contributed by atoms with Crippen molar-refractivity contribution in [3.63, 3.8) is 0 Å². The first kappa shape index (κ1) is 13.7. The van der Waals surface area contributed by atoms with Crippen LogP contribution in [0.4, 0.5) is 13.2 Å². The average molecular weight is 281 g/mol. The highest BCUT2D eigenvalue weighted by Crippen LogP contribution is 2.36. The van der Waals surface area contributed by atoms with Crippen LogP contribution in [-0.4, -0.2) is 24.0 Å². The van der Waals surface area contributed by atoms with Crippen molar-refractivity contribution in [2.45, 2.75) is 44.2 Å². The van der Waals surface area contributed by atoms with E-state index in [-0.39, 0.29) is 0 Å². The maximum absolute atomic E-state index is 13.7. The van der Waals surface area contributed by atoms with Crippen LogP contribution in [0.2, 0.25) is 0 Å². The number of benzene rings is 1. The lowest BCUT2D eigenvalue weighted by Crippen LogP contribution is -2.45. The van der Waals surface area contributed by atoms with Gasteiger partial charge in [-0.2, -0.15) is 0 Å². The number of rotatable bonds is 2. The number of piperidine rings is 1. The van der Waals surface area contributed by atoms with E-state index in [2.05, 4.69) is 18.0 Å². The Morgan fingerprint density at radius 2 is 2.05 bits per heavy atom. The molecule has 0 N–H and O–H groups in total. The third-order valence-corrected chi connectivity index (χ3v) is 4.59. The van der Waals surface area contributed by atoms with Crippen LogP contribution in [-0.2, 0) is 0 Å². The van der Waals surface area contributed by atoms with Crippen LogP contribution in [0.25, 0.3) is 5.57 Å². The zero-order chi connectivity index (χ0) is 14.3. The fourth-order valence-electron chi connectivity index (χ4n) is 3.36. The van der Waals surface area contributed by atoms with Gasteiger partial charge in [0, 0.05) is 12.1 Å². The summed E-state index contributed by atoms with van der Waals surface area (Å²) in [6, 6.07) is 4.98. The van der Waals surface area contributed by atoms with Gasteiger partial charge in [-0.3, -0.25) is 4.90 Å². The number of likely N-dealkylation sites (N-methyl/N-ethyl adjacent to an activating group) is 1. The van der Waals surface area contributed by atoms with Crippen molar-refractivity contribution in [2.24, 2.45) is 0 Å². The van der Waals surface area contributed by atoms with E-state index in [1.807, 2.05) is 0 Å². The van der Waals surface area contributed by atoms with Crippen LogP contribution in [0.5, 0.6) is 0 Å². The van der Waals surface area contributed by atoms with E-state index in [1.54, 1.807) is 6.07 Å². The topological polar surface area (TPSA) is 3.24 Å². The Bertz CT molecular complexity index is 539. The third kappa shape index (κ3) is 2.37. The molecule has 0 radical (unpaired) electrons. The highest BCUT2D eigenvalue weighted by atomic mass is 19.3. The minimum Gasteiger partial charge on any atom is -0.297 e. The van der Waals surface area contributed by atoms with Crippen LogP contribution in [0.3, 0.4) is 0 Å². The van der Waals surface area contributed by atoms with Gasteiger partial charge >= 0.3 is 0 Å². The van der Waals surface area contributed by atoms with Gasteiger partial charge in [-0.1, -0.05) is 18.6 Å². The van der Waals surface area contributed by atoms with Gasteiger partial charge < -0.3 is 0 Å². The summed E-state index contributed by atoms with van der Waals surface area (Å²) in [4.78, 5) is 2.37. The van der Waals surface area contributed by atoms with Gasteiger partial charge in [-0.05, 0) is 49.6 Å². The second-order valence-electron chi connectivity index (χ2n) is 5.75. The van der Waals surface area contributed by atoms with E-state index in [1.165, 1.54) is 18.6 Å². The Morgan fingerprint density at radius 1 is 1.25 bits per heavy atom. The highest BCUT2D eigenvalue weighted by molar-refractivity contribution is 5.68. The minimum atomic E-state index is -2.75. The number of hydrogen-bond acceptors (Lipinski definition) is 1. The molecule has 2 heterocycles. The first-order valence-corrected chi connectivity index (χ1v) is 7.07. The summed E-state index contributed by atoms with van der Waals surface area (Å²) < 4.78 is 38.9. The molecule has 4 heteroatoms. The molecule has 0 saturated carbocycles. The van der Waals surface area contributed by atoms with Crippen LogP contribution in [0.15, 0.2) is 24.3 Å². The summed E-state index contributed by atoms with van der Waals surface area (Å²) in [5.74, 6) is -0.803. The van der Waals surface area contributed by atoms with Crippen LogP contribution >= 0.6 is 0 Å². The molecule has 3 rings (SSSR count). The van der Waals surface area contributed by atoms with Crippen LogP contribution in [0, 0.1) is 5.82 Å². The zero-order valence-electron chi connectivity index (χ0n) is 11.5. The van der Waals surface area contributed by atoms with E-state index in [0.29, 0.717) is 12.1 Å². The lowest BCUT2D eigenvalue weighted by Gasteiger charge is -2.42. The fraction of sp³-hybridized carbons (Fsp3) is 0.500. The first-order chi connectivity index (χ1) is 9.56. The summed E-state index contributed by atoms with van der Waals surface area (Å²) in [6.07, 6.45) is 3.79. The third-order valence-electron chi connectivity index (χ3n) is 4.59. The summed E-state index contributed by atoms with van der Waals surface area (Å²) in [5, 5.41) is 0. The largest absolute Gasteiger partial charge is 0.297 e. The normalized spacial score (nSPS) is 26.8. The molecule has 2 unspecified atom stereocenters. The fourth-order valence-corrected chi connectivity index (χ4v) is 3.36. The molecule has 1 saturated heterocycles. The molecule has 2 aliphatic heterocycles. The van der Waals surface area contributed by atoms with E-state index < -0.39 is 17.8 Å². The van der Waals surface area contributed by atoms with Crippen molar-refractivity contribution in [3.05, 3.63) is 41.2 Å². The Labute approximate surface area is 117 Å². The predicted molar refractivity (Wildman–Crippen MR) is 73.1 cm³/mol. The standard InChI is InChI=1S/C16H18F3N/c1-20-12-3-2-4-13(20)8-11(7-12)10-5-6-14(16(18)19)15(17)9-10/h5-7,9,12-13,16H,2-4,8H2,1H3. The van der Waals surface area contributed by atoms with E-state index >= 15 is 0 Å². The number of fused-ring (bicyclic) bond motifs is 2. The molecule has 1 aromatic carbocycles. The number of nitrogens with zero attached hydrogens (tertiary/aromatic N) is 1. The summed E-state index contributed by atoms with van der Waals surface area (Å²) in [5.41, 5.74) is 1.33. The van der Waals surface area contributed by atoms with Crippen molar-refractivity contribution < 1.29 is 13.2 Å². The molecule has 2 bridgehead atoms. The Balaban J connectivity index is 1.92. The molecule has 108 valence electrons. The van der Waals surface area contributed by atoms with E-state index in [4.69, 9.17) is 0 Å². The molecule has 1 nitrogen and oxygen atoms in total. The van der Waals surface area contributed by atoms with Gasteiger partial charge in [0.1, 0.15) is 5.82 Å². The van der Waals surface area contributed by atoms with Crippen molar-refractivity contribution >= 4 is 5.57 Å². The number of alkyl halides is 2. The van der Waals surface area contributed by atoms with Gasteiger partial charge in [0.2, 0.25) is 0 Å². The highest BCUT2D eigenvalue weighted by Gasteiger charge is 2.31. The number of halogens is 3. The van der Waals surface area contributed by atoms with Gasteiger partial charge in [0.25, 0.3) is 6.43 Å². The molecule has 2 atom stereocenters. The minimum absolute atomic E-state index is 0.398. The molecule has 1 fully saturated rings. The Morgan fingerprint density at radius 3 is 2.70 bits per heavy atom. The first-order valence-electron chi connectivity index (χ1n) is 7.07. The molecule has 20 heavy (non-hydrogen) atoms. The van der Waals surface area contributed by atoms with Crippen LogP contribution < -0.4 is 0 Å². The summed E-state index contributed by atoms with van der Waals surface area (Å²) in [6.45, 7) is 0. The van der Waals surface area contributed by atoms with Gasteiger partial charge in [0.05, 0.1) is 5.56 Å². The maximum atomic E-state index is 13.7. The van der Waals surface area contributed by atoms with Crippen LogP contribution in [0.1, 0.15) is 43.2 Å². The monoisotopic (exact) mass is 281 g/mol. The van der Waals surface area contributed by atoms with Crippen molar-refractivity contribution in [2.75, 3.05) is 7.05 Å². The van der Waals surface area contributed by atoms with Gasteiger partial charge in [-0.15, -0.1) is 0 Å². The lowest BCUT2D eigenvalue weighted by atomic mass is 9.83. The second-order valence-corrected chi connectivity index (χ2v) is 5.75. The van der Waals surface area contributed by atoms with Crippen molar-refractivity contribution in [1.29, 1.82) is 0 Å². The zero-order valence-corrected chi connectivity index (χ0v) is 11.5. The van der Waals surface area contributed by atoms with E-state index in [0.717, 1.165) is 30.4 Å². The van der Waals surface area contributed by atoms with E-state index in [9.17, 15) is 13.2 Å². The van der Waals surface area contributed by atoms with Crippen molar-refractivity contribution in [3.8, 4) is 0 Å². The summed E-state index contributed by atoms with van der Waals surface area (Å²) >= 11 is 0. The molecule has 1 aromatic rings. The maximum Gasteiger partial charge on any atom is 0.266 e. The quantitative estimate of drug-likeness (QED) is 0.776. The number of hydrogen-bond donors (Lipinski definition) is 0. The molecule has 0 spiro atoms. The molecule has 0 aliphatic carbocycles. The van der Waals surface area contributed by atoms with Gasteiger partial charge in [-0.25, -0.2) is 13.2 Å². The lowest BCUT2D eigenvalue weighted by molar-refractivity contribution is 0.137. The second kappa shape index (κ2) is 5.24. The molecule has 0 aromatic heterocycles. The van der Waals surface area contributed by atoms with Gasteiger partial charge in [0.15, 0.2) is 0 Å². The molecule has 0 amide bonds. The average Bonchev–Trinajstić information content (AvgIpc) is 2.37. The SMILES string of the molecule is CN1C2C=C(c3ccc(C(F)F)c(F)c3)CC1CCC2. The molecular weight excluding hydrogens is 263 g/mol. The Hall–Kier alpha value is -1.29. The smallest absolute Gasteiger partial charge is 0.266 e. The predicted octanol–water partition coefficient (Wildman–Crippen LogP) is 4.40. The molecular formula is C16H18F3N. The Kier molecular flexibility index (Phi) is 3.59. The molecule has 2 aliphatic rings. The van der Waals surface area contributed by atoms with Crippen molar-refractivity contribution in [1.82, 2.24) is 4.90 Å². The summed E-state index contributed by atoms with van der Waals surface area (Å²) in [7, 11) is 2.13.